The molecule has 2 aromatic rings. The molecule has 1 amide bonds. The topological polar surface area (TPSA) is 50.8 Å². The standard InChI is InChI=1S/C22H28N2O3/c1-6-7-18-12-19(13-20(26-4)21(18)27-5)22(25)23-14-16-8-10-17(11-9-16)15-24(2)3/h6,8-13H,1,7,14-15H2,2-5H3,(H,23,25). The van der Waals surface area contributed by atoms with Gasteiger partial charge in [0.1, 0.15) is 0 Å². The number of rotatable bonds is 9. The van der Waals surface area contributed by atoms with Crippen LogP contribution >= 0.6 is 0 Å². The van der Waals surface area contributed by atoms with Gasteiger partial charge in [-0.25, -0.2) is 0 Å². The molecule has 0 unspecified atom stereocenters. The first-order valence-corrected chi connectivity index (χ1v) is 8.85. The van der Waals surface area contributed by atoms with Gasteiger partial charge in [-0.15, -0.1) is 6.58 Å². The number of allylic oxidation sites excluding steroid dienone is 1. The van der Waals surface area contributed by atoms with Gasteiger partial charge in [0, 0.05) is 24.2 Å². The van der Waals surface area contributed by atoms with Crippen LogP contribution in [0.4, 0.5) is 0 Å². The third-order valence-corrected chi connectivity index (χ3v) is 4.16. The Hall–Kier alpha value is -2.79. The molecule has 0 aliphatic rings. The lowest BCUT2D eigenvalue weighted by Crippen LogP contribution is -2.23. The first-order valence-electron chi connectivity index (χ1n) is 8.85. The van der Waals surface area contributed by atoms with Gasteiger partial charge in [-0.2, -0.15) is 0 Å². The van der Waals surface area contributed by atoms with Crippen molar-refractivity contribution in [3.63, 3.8) is 0 Å². The average molecular weight is 368 g/mol. The van der Waals surface area contributed by atoms with Crippen molar-refractivity contribution < 1.29 is 14.3 Å². The molecule has 144 valence electrons. The van der Waals surface area contributed by atoms with Crippen LogP contribution in [0.1, 0.15) is 27.0 Å². The third kappa shape index (κ3) is 5.59. The van der Waals surface area contributed by atoms with E-state index < -0.39 is 0 Å². The Kier molecular flexibility index (Phi) is 7.44. The Morgan fingerprint density at radius 1 is 1.11 bits per heavy atom. The first kappa shape index (κ1) is 20.5. The number of carbonyl (C=O) groups is 1. The number of carbonyl (C=O) groups excluding carboxylic acids is 1. The summed E-state index contributed by atoms with van der Waals surface area (Å²) in [5.41, 5.74) is 3.69. The molecule has 0 aromatic heterocycles. The number of amides is 1. The Morgan fingerprint density at radius 2 is 1.78 bits per heavy atom. The van der Waals surface area contributed by atoms with Gasteiger partial charge in [-0.3, -0.25) is 4.79 Å². The minimum atomic E-state index is -0.154. The molecule has 0 saturated heterocycles. The van der Waals surface area contributed by atoms with Crippen molar-refractivity contribution in [1.29, 1.82) is 0 Å². The van der Waals surface area contributed by atoms with E-state index in [1.165, 1.54) is 5.56 Å². The van der Waals surface area contributed by atoms with Crippen LogP contribution in [0, 0.1) is 0 Å². The van der Waals surface area contributed by atoms with Crippen LogP contribution in [0.15, 0.2) is 49.1 Å². The van der Waals surface area contributed by atoms with Gasteiger partial charge in [0.15, 0.2) is 11.5 Å². The van der Waals surface area contributed by atoms with Crippen molar-refractivity contribution in [2.24, 2.45) is 0 Å². The predicted molar refractivity (Wildman–Crippen MR) is 108 cm³/mol. The highest BCUT2D eigenvalue weighted by molar-refractivity contribution is 5.95. The molecule has 2 aromatic carbocycles. The van der Waals surface area contributed by atoms with E-state index in [4.69, 9.17) is 9.47 Å². The summed E-state index contributed by atoms with van der Waals surface area (Å²) in [5, 5.41) is 2.96. The van der Waals surface area contributed by atoms with E-state index in [1.807, 2.05) is 32.3 Å². The highest BCUT2D eigenvalue weighted by Crippen LogP contribution is 2.33. The summed E-state index contributed by atoms with van der Waals surface area (Å²) in [6.45, 7) is 5.12. The number of ether oxygens (including phenoxy) is 2. The molecule has 5 heteroatoms. The molecule has 27 heavy (non-hydrogen) atoms. The van der Waals surface area contributed by atoms with E-state index in [-0.39, 0.29) is 5.91 Å². The monoisotopic (exact) mass is 368 g/mol. The SMILES string of the molecule is C=CCc1cc(C(=O)NCc2ccc(CN(C)C)cc2)cc(OC)c1OC. The van der Waals surface area contributed by atoms with E-state index in [1.54, 1.807) is 26.4 Å². The number of hydrogen-bond donors (Lipinski definition) is 1. The summed E-state index contributed by atoms with van der Waals surface area (Å²) in [6.07, 6.45) is 2.36. The van der Waals surface area contributed by atoms with Crippen LogP contribution in [0.2, 0.25) is 0 Å². The highest BCUT2D eigenvalue weighted by atomic mass is 16.5. The van der Waals surface area contributed by atoms with Gasteiger partial charge >= 0.3 is 0 Å². The zero-order chi connectivity index (χ0) is 19.8. The van der Waals surface area contributed by atoms with Gasteiger partial charge in [0.2, 0.25) is 0 Å². The number of nitrogens with one attached hydrogen (secondary N) is 1. The molecule has 0 aliphatic heterocycles. The van der Waals surface area contributed by atoms with Crippen molar-refractivity contribution >= 4 is 5.91 Å². The summed E-state index contributed by atoms with van der Waals surface area (Å²) in [4.78, 5) is 14.7. The smallest absolute Gasteiger partial charge is 0.251 e. The maximum atomic E-state index is 12.6. The predicted octanol–water partition coefficient (Wildman–Crippen LogP) is 3.42. The Bertz CT molecular complexity index is 783. The largest absolute Gasteiger partial charge is 0.493 e. The van der Waals surface area contributed by atoms with Crippen molar-refractivity contribution in [2.45, 2.75) is 19.5 Å². The Balaban J connectivity index is 2.11. The number of hydrogen-bond acceptors (Lipinski definition) is 4. The average Bonchev–Trinajstić information content (AvgIpc) is 2.66. The normalized spacial score (nSPS) is 10.6. The van der Waals surface area contributed by atoms with Crippen LogP contribution in [0.5, 0.6) is 11.5 Å². The quantitative estimate of drug-likeness (QED) is 0.689. The van der Waals surface area contributed by atoms with Crippen molar-refractivity contribution in [2.75, 3.05) is 28.3 Å². The van der Waals surface area contributed by atoms with Gasteiger partial charge in [0.25, 0.3) is 5.91 Å². The lowest BCUT2D eigenvalue weighted by molar-refractivity contribution is 0.0950. The van der Waals surface area contributed by atoms with Crippen molar-refractivity contribution in [3.05, 3.63) is 71.3 Å². The Morgan fingerprint density at radius 3 is 2.33 bits per heavy atom. The second-order valence-electron chi connectivity index (χ2n) is 6.60. The molecular formula is C22H28N2O3. The van der Waals surface area contributed by atoms with Crippen LogP contribution in [0.3, 0.4) is 0 Å². The van der Waals surface area contributed by atoms with Crippen LogP contribution in [-0.4, -0.2) is 39.1 Å². The third-order valence-electron chi connectivity index (χ3n) is 4.16. The minimum Gasteiger partial charge on any atom is -0.493 e. The zero-order valence-corrected chi connectivity index (χ0v) is 16.5. The minimum absolute atomic E-state index is 0.154. The summed E-state index contributed by atoms with van der Waals surface area (Å²) >= 11 is 0. The Labute approximate surface area is 161 Å². The van der Waals surface area contributed by atoms with Gasteiger partial charge in [-0.05, 0) is 43.8 Å². The van der Waals surface area contributed by atoms with Crippen molar-refractivity contribution in [3.8, 4) is 11.5 Å². The van der Waals surface area contributed by atoms with Gasteiger partial charge < -0.3 is 19.7 Å². The number of methoxy groups -OCH3 is 2. The summed E-state index contributed by atoms with van der Waals surface area (Å²) < 4.78 is 10.8. The van der Waals surface area contributed by atoms with E-state index >= 15 is 0 Å². The van der Waals surface area contributed by atoms with Gasteiger partial charge in [0.05, 0.1) is 14.2 Å². The highest BCUT2D eigenvalue weighted by Gasteiger charge is 2.15. The molecule has 5 nitrogen and oxygen atoms in total. The van der Waals surface area contributed by atoms with E-state index in [0.29, 0.717) is 30.0 Å². The maximum absolute atomic E-state index is 12.6. The molecule has 2 rings (SSSR count). The fourth-order valence-corrected chi connectivity index (χ4v) is 2.89. The van der Waals surface area contributed by atoms with E-state index in [9.17, 15) is 4.79 Å². The molecule has 0 aliphatic carbocycles. The number of benzene rings is 2. The molecule has 0 fully saturated rings. The van der Waals surface area contributed by atoms with Crippen LogP contribution in [-0.2, 0) is 19.5 Å². The lowest BCUT2D eigenvalue weighted by Gasteiger charge is -2.14. The molecule has 0 bridgehead atoms. The molecule has 0 radical (unpaired) electrons. The first-order chi connectivity index (χ1) is 13.0. The molecular weight excluding hydrogens is 340 g/mol. The lowest BCUT2D eigenvalue weighted by atomic mass is 10.0. The summed E-state index contributed by atoms with van der Waals surface area (Å²) in [7, 11) is 7.23. The second kappa shape index (κ2) is 9.78. The van der Waals surface area contributed by atoms with Crippen LogP contribution < -0.4 is 14.8 Å². The molecule has 0 spiro atoms. The maximum Gasteiger partial charge on any atom is 0.251 e. The zero-order valence-electron chi connectivity index (χ0n) is 16.5. The number of nitrogens with zero attached hydrogens (tertiary/aromatic N) is 1. The van der Waals surface area contributed by atoms with E-state index in [2.05, 4.69) is 28.9 Å². The molecule has 0 saturated carbocycles. The second-order valence-corrected chi connectivity index (χ2v) is 6.60. The fourth-order valence-electron chi connectivity index (χ4n) is 2.89. The summed E-state index contributed by atoms with van der Waals surface area (Å²) in [6, 6.07) is 11.8. The molecule has 1 N–H and O–H groups in total. The van der Waals surface area contributed by atoms with Gasteiger partial charge in [-0.1, -0.05) is 30.3 Å². The summed E-state index contributed by atoms with van der Waals surface area (Å²) in [5.74, 6) is 1.01. The van der Waals surface area contributed by atoms with Crippen LogP contribution in [0.25, 0.3) is 0 Å². The van der Waals surface area contributed by atoms with E-state index in [0.717, 1.165) is 17.7 Å². The molecule has 0 atom stereocenters. The fraction of sp³-hybridized carbons (Fsp3) is 0.318. The van der Waals surface area contributed by atoms with Crippen molar-refractivity contribution in [1.82, 2.24) is 10.2 Å². The molecule has 0 heterocycles.